The number of carboxylic acids is 1. The number of carbonyl (C=O) groups is 1. The standard InChI is InChI=1S/C17H22FN3O5S/c18-8-12(9-19)11-26-15-2-1-13(10-20-15)27(24,25)21-5-3-17(4-6-21)7-14(17)16(22)23/h1-2,8,10,14H,3-7,9,11,19H2,(H,22,23)/b12-8+. The average molecular weight is 399 g/mol. The van der Waals surface area contributed by atoms with Gasteiger partial charge in [0, 0.05) is 31.3 Å². The molecule has 8 nitrogen and oxygen atoms in total. The minimum Gasteiger partial charge on any atom is -0.481 e. The number of pyridine rings is 1. The van der Waals surface area contributed by atoms with Gasteiger partial charge in [0.15, 0.2) is 0 Å². The Morgan fingerprint density at radius 1 is 1.44 bits per heavy atom. The van der Waals surface area contributed by atoms with Gasteiger partial charge < -0.3 is 15.6 Å². The summed E-state index contributed by atoms with van der Waals surface area (Å²) in [6.07, 6.45) is 3.30. The Hall–Kier alpha value is -2.04. The molecule has 0 bridgehead atoms. The Morgan fingerprint density at radius 2 is 2.15 bits per heavy atom. The van der Waals surface area contributed by atoms with Crippen molar-refractivity contribution in [2.45, 2.75) is 24.2 Å². The maximum atomic E-state index is 12.8. The van der Waals surface area contributed by atoms with E-state index in [1.165, 1.54) is 22.6 Å². The third-order valence-electron chi connectivity index (χ3n) is 5.37. The molecule has 0 amide bonds. The third kappa shape index (κ3) is 3.97. The number of aromatic nitrogens is 1. The zero-order valence-corrected chi connectivity index (χ0v) is 15.5. The smallest absolute Gasteiger partial charge is 0.307 e. The van der Waals surface area contributed by atoms with Gasteiger partial charge in [0.25, 0.3) is 0 Å². The molecule has 2 fully saturated rings. The quantitative estimate of drug-likeness (QED) is 0.705. The van der Waals surface area contributed by atoms with Crippen molar-refractivity contribution in [3.05, 3.63) is 30.2 Å². The number of hydrogen-bond acceptors (Lipinski definition) is 6. The van der Waals surface area contributed by atoms with Gasteiger partial charge >= 0.3 is 5.97 Å². The number of hydrogen-bond donors (Lipinski definition) is 2. The van der Waals surface area contributed by atoms with Crippen LogP contribution in [0, 0.1) is 11.3 Å². The lowest BCUT2D eigenvalue weighted by molar-refractivity contribution is -0.139. The van der Waals surface area contributed by atoms with E-state index in [9.17, 15) is 17.6 Å². The number of carboxylic acid groups (broad SMARTS) is 1. The van der Waals surface area contributed by atoms with E-state index in [2.05, 4.69) is 4.98 Å². The van der Waals surface area contributed by atoms with Gasteiger partial charge in [0.2, 0.25) is 15.9 Å². The van der Waals surface area contributed by atoms with Crippen molar-refractivity contribution in [1.82, 2.24) is 9.29 Å². The molecular formula is C17H22FN3O5S. The second kappa shape index (κ2) is 7.53. The normalized spacial score (nSPS) is 22.6. The van der Waals surface area contributed by atoms with Gasteiger partial charge in [-0.2, -0.15) is 4.31 Å². The molecule has 1 saturated carbocycles. The fourth-order valence-corrected chi connectivity index (χ4v) is 4.86. The van der Waals surface area contributed by atoms with Gasteiger partial charge in [-0.05, 0) is 30.7 Å². The molecule has 2 aliphatic rings. The summed E-state index contributed by atoms with van der Waals surface area (Å²) >= 11 is 0. The van der Waals surface area contributed by atoms with Gasteiger partial charge in [0.1, 0.15) is 11.5 Å². The van der Waals surface area contributed by atoms with Crippen molar-refractivity contribution in [2.75, 3.05) is 26.2 Å². The van der Waals surface area contributed by atoms with E-state index in [0.29, 0.717) is 38.7 Å². The SMILES string of the molecule is NC/C(=C\F)COc1ccc(S(=O)(=O)N2CCC3(CC2)CC3C(=O)O)cn1. The van der Waals surface area contributed by atoms with Crippen molar-refractivity contribution in [3.63, 3.8) is 0 Å². The highest BCUT2D eigenvalue weighted by molar-refractivity contribution is 7.89. The number of piperidine rings is 1. The summed E-state index contributed by atoms with van der Waals surface area (Å²) in [4.78, 5) is 15.1. The largest absolute Gasteiger partial charge is 0.481 e. The summed E-state index contributed by atoms with van der Waals surface area (Å²) in [6.45, 7) is 0.546. The molecule has 27 heavy (non-hydrogen) atoms. The van der Waals surface area contributed by atoms with E-state index >= 15 is 0 Å². The van der Waals surface area contributed by atoms with Crippen LogP contribution >= 0.6 is 0 Å². The van der Waals surface area contributed by atoms with Crippen molar-refractivity contribution < 1.29 is 27.4 Å². The summed E-state index contributed by atoms with van der Waals surface area (Å²) < 4.78 is 44.6. The van der Waals surface area contributed by atoms with Crippen LogP contribution in [0.15, 0.2) is 35.1 Å². The minimum atomic E-state index is -3.70. The summed E-state index contributed by atoms with van der Waals surface area (Å²) in [7, 11) is -3.70. The van der Waals surface area contributed by atoms with Crippen molar-refractivity contribution >= 4 is 16.0 Å². The molecule has 3 N–H and O–H groups in total. The van der Waals surface area contributed by atoms with E-state index in [1.54, 1.807) is 0 Å². The topological polar surface area (TPSA) is 123 Å². The van der Waals surface area contributed by atoms with Crippen LogP contribution in [0.5, 0.6) is 5.88 Å². The van der Waals surface area contributed by atoms with Crippen LogP contribution in [0.25, 0.3) is 0 Å². The van der Waals surface area contributed by atoms with Gasteiger partial charge in [0.05, 0.1) is 18.4 Å². The Kier molecular flexibility index (Phi) is 5.50. The second-order valence-electron chi connectivity index (χ2n) is 6.95. The van der Waals surface area contributed by atoms with E-state index in [-0.39, 0.29) is 40.8 Å². The van der Waals surface area contributed by atoms with Gasteiger partial charge in [-0.3, -0.25) is 4.79 Å². The molecule has 1 aromatic heterocycles. The molecule has 3 rings (SSSR count). The van der Waals surface area contributed by atoms with Crippen molar-refractivity contribution in [3.8, 4) is 5.88 Å². The van der Waals surface area contributed by atoms with E-state index in [0.717, 1.165) is 0 Å². The monoisotopic (exact) mass is 399 g/mol. The summed E-state index contributed by atoms with van der Waals surface area (Å²) in [5.74, 6) is -0.981. The predicted molar refractivity (Wildman–Crippen MR) is 94.1 cm³/mol. The molecule has 2 heterocycles. The molecule has 1 aliphatic heterocycles. The number of nitrogens with two attached hydrogens (primary N) is 1. The lowest BCUT2D eigenvalue weighted by Gasteiger charge is -2.31. The van der Waals surface area contributed by atoms with Crippen LogP contribution in [-0.4, -0.2) is 55.0 Å². The first-order valence-corrected chi connectivity index (χ1v) is 10.1. The summed E-state index contributed by atoms with van der Waals surface area (Å²) in [6, 6.07) is 2.80. The average Bonchev–Trinajstić information content (AvgIpc) is 3.37. The van der Waals surface area contributed by atoms with Crippen molar-refractivity contribution in [2.24, 2.45) is 17.1 Å². The molecule has 0 aromatic carbocycles. The van der Waals surface area contributed by atoms with Gasteiger partial charge in [-0.1, -0.05) is 0 Å². The highest BCUT2D eigenvalue weighted by atomic mass is 32.2. The number of nitrogens with zero attached hydrogens (tertiary/aromatic N) is 2. The predicted octanol–water partition coefficient (Wildman–Crippen LogP) is 1.15. The molecule has 0 radical (unpaired) electrons. The highest BCUT2D eigenvalue weighted by Gasteiger charge is 2.59. The first-order chi connectivity index (χ1) is 12.8. The second-order valence-corrected chi connectivity index (χ2v) is 8.89. The first kappa shape index (κ1) is 19.7. The van der Waals surface area contributed by atoms with Crippen LogP contribution in [0.4, 0.5) is 4.39 Å². The molecule has 1 spiro atoms. The van der Waals surface area contributed by atoms with E-state index in [4.69, 9.17) is 15.6 Å². The lowest BCUT2D eigenvalue weighted by Crippen LogP contribution is -2.39. The minimum absolute atomic E-state index is 0.0160. The number of sulfonamides is 1. The fraction of sp³-hybridized carbons (Fsp3) is 0.529. The molecule has 1 aromatic rings. The molecule has 1 aliphatic carbocycles. The zero-order chi connectivity index (χ0) is 19.7. The Balaban J connectivity index is 1.61. The molecule has 1 unspecified atom stereocenters. The number of rotatable bonds is 7. The Labute approximate surface area is 156 Å². The molecule has 1 atom stereocenters. The zero-order valence-electron chi connectivity index (χ0n) is 14.7. The summed E-state index contributed by atoms with van der Waals surface area (Å²) in [5, 5.41) is 9.13. The Bertz CT molecular complexity index is 833. The fourth-order valence-electron chi connectivity index (χ4n) is 3.48. The Morgan fingerprint density at radius 3 is 2.63 bits per heavy atom. The number of ether oxygens (including phenoxy) is 1. The molecule has 1 saturated heterocycles. The summed E-state index contributed by atoms with van der Waals surface area (Å²) in [5.41, 5.74) is 5.36. The van der Waals surface area contributed by atoms with Crippen LogP contribution < -0.4 is 10.5 Å². The lowest BCUT2D eigenvalue weighted by atomic mass is 9.92. The first-order valence-electron chi connectivity index (χ1n) is 8.62. The third-order valence-corrected chi connectivity index (χ3v) is 7.26. The van der Waals surface area contributed by atoms with Crippen LogP contribution in [0.1, 0.15) is 19.3 Å². The van der Waals surface area contributed by atoms with Crippen LogP contribution in [0.3, 0.4) is 0 Å². The number of halogens is 1. The molecule has 10 heteroatoms. The van der Waals surface area contributed by atoms with Crippen molar-refractivity contribution in [1.29, 1.82) is 0 Å². The highest BCUT2D eigenvalue weighted by Crippen LogP contribution is 2.59. The van der Waals surface area contributed by atoms with Crippen LogP contribution in [0.2, 0.25) is 0 Å². The maximum absolute atomic E-state index is 12.8. The van der Waals surface area contributed by atoms with Gasteiger partial charge in [-0.15, -0.1) is 0 Å². The van der Waals surface area contributed by atoms with E-state index < -0.39 is 16.0 Å². The number of aliphatic carboxylic acids is 1. The van der Waals surface area contributed by atoms with E-state index in [1.807, 2.05) is 0 Å². The molecular weight excluding hydrogens is 377 g/mol. The van der Waals surface area contributed by atoms with Crippen LogP contribution in [-0.2, 0) is 14.8 Å². The van der Waals surface area contributed by atoms with Gasteiger partial charge in [-0.25, -0.2) is 17.8 Å². The molecule has 148 valence electrons. The maximum Gasteiger partial charge on any atom is 0.307 e.